The van der Waals surface area contributed by atoms with Crippen molar-refractivity contribution in [2.45, 2.75) is 6.54 Å². The van der Waals surface area contributed by atoms with Crippen LogP contribution < -0.4 is 5.56 Å². The molecule has 0 aliphatic heterocycles. The van der Waals surface area contributed by atoms with Crippen molar-refractivity contribution in [3.8, 4) is 11.3 Å². The molecule has 0 aliphatic rings. The van der Waals surface area contributed by atoms with Gasteiger partial charge in [0.2, 0.25) is 0 Å². The van der Waals surface area contributed by atoms with Gasteiger partial charge in [-0.25, -0.2) is 9.97 Å². The van der Waals surface area contributed by atoms with Crippen molar-refractivity contribution in [1.82, 2.24) is 14.5 Å². The molecule has 0 bridgehead atoms. The van der Waals surface area contributed by atoms with Gasteiger partial charge in [-0.05, 0) is 12.1 Å². The molecule has 1 aromatic carbocycles. The lowest BCUT2D eigenvalue weighted by molar-refractivity contribution is 0.276. The number of rotatable bonds is 3. The fourth-order valence-corrected chi connectivity index (χ4v) is 2.17. The monoisotopic (exact) mass is 267 g/mol. The second kappa shape index (κ2) is 5.22. The van der Waals surface area contributed by atoms with E-state index in [-0.39, 0.29) is 18.7 Å². The standard InChI is InChI=1S/C15H13N3O2/c19-10-9-18-14-12(7-4-8-16-14)17-13(15(18)20)11-5-2-1-3-6-11/h1-8,19H,9-10H2. The summed E-state index contributed by atoms with van der Waals surface area (Å²) < 4.78 is 1.46. The zero-order valence-corrected chi connectivity index (χ0v) is 10.7. The Morgan fingerprint density at radius 2 is 1.90 bits per heavy atom. The number of aromatic nitrogens is 3. The van der Waals surface area contributed by atoms with E-state index in [0.29, 0.717) is 16.9 Å². The zero-order valence-electron chi connectivity index (χ0n) is 10.7. The molecule has 5 nitrogen and oxygen atoms in total. The molecule has 100 valence electrons. The van der Waals surface area contributed by atoms with E-state index >= 15 is 0 Å². The first-order valence-electron chi connectivity index (χ1n) is 6.33. The quantitative estimate of drug-likeness (QED) is 0.780. The van der Waals surface area contributed by atoms with Gasteiger partial charge in [-0.15, -0.1) is 0 Å². The van der Waals surface area contributed by atoms with Gasteiger partial charge in [0, 0.05) is 11.8 Å². The van der Waals surface area contributed by atoms with Crippen molar-refractivity contribution < 1.29 is 5.11 Å². The largest absolute Gasteiger partial charge is 0.395 e. The predicted molar refractivity (Wildman–Crippen MR) is 76.3 cm³/mol. The van der Waals surface area contributed by atoms with Crippen molar-refractivity contribution in [1.29, 1.82) is 0 Å². The number of pyridine rings is 1. The Balaban J connectivity index is 2.34. The molecule has 2 heterocycles. The third-order valence-corrected chi connectivity index (χ3v) is 3.07. The molecular formula is C15H13N3O2. The number of fused-ring (bicyclic) bond motifs is 1. The van der Waals surface area contributed by atoms with Gasteiger partial charge in [0.15, 0.2) is 5.65 Å². The van der Waals surface area contributed by atoms with Gasteiger partial charge in [0.25, 0.3) is 5.56 Å². The van der Waals surface area contributed by atoms with Crippen LogP contribution in [0.15, 0.2) is 53.5 Å². The topological polar surface area (TPSA) is 68.0 Å². The molecule has 0 amide bonds. The van der Waals surface area contributed by atoms with E-state index in [1.54, 1.807) is 12.3 Å². The maximum Gasteiger partial charge on any atom is 0.278 e. The van der Waals surface area contributed by atoms with Crippen LogP contribution in [0.5, 0.6) is 0 Å². The maximum absolute atomic E-state index is 12.5. The molecule has 0 fully saturated rings. The van der Waals surface area contributed by atoms with Crippen LogP contribution >= 0.6 is 0 Å². The normalized spacial score (nSPS) is 10.8. The highest BCUT2D eigenvalue weighted by Crippen LogP contribution is 2.15. The smallest absolute Gasteiger partial charge is 0.278 e. The van der Waals surface area contributed by atoms with Crippen LogP contribution in [-0.4, -0.2) is 26.2 Å². The summed E-state index contributed by atoms with van der Waals surface area (Å²) in [7, 11) is 0. The van der Waals surface area contributed by atoms with Crippen molar-refractivity contribution in [3.63, 3.8) is 0 Å². The van der Waals surface area contributed by atoms with E-state index in [0.717, 1.165) is 5.56 Å². The summed E-state index contributed by atoms with van der Waals surface area (Å²) in [5.41, 5.74) is 2.02. The molecule has 0 spiro atoms. The lowest BCUT2D eigenvalue weighted by Crippen LogP contribution is -2.25. The minimum atomic E-state index is -0.239. The fraction of sp³-hybridized carbons (Fsp3) is 0.133. The van der Waals surface area contributed by atoms with Gasteiger partial charge in [-0.2, -0.15) is 0 Å². The van der Waals surface area contributed by atoms with E-state index < -0.39 is 0 Å². The Morgan fingerprint density at radius 1 is 1.10 bits per heavy atom. The van der Waals surface area contributed by atoms with E-state index in [1.165, 1.54) is 4.57 Å². The zero-order chi connectivity index (χ0) is 13.9. The number of hydrogen-bond donors (Lipinski definition) is 1. The Morgan fingerprint density at radius 3 is 2.65 bits per heavy atom. The van der Waals surface area contributed by atoms with Crippen molar-refractivity contribution in [2.75, 3.05) is 6.61 Å². The molecular weight excluding hydrogens is 254 g/mol. The SMILES string of the molecule is O=c1c(-c2ccccc2)nc2cccnc2n1CCO. The number of aliphatic hydroxyl groups excluding tert-OH is 1. The number of nitrogens with zero attached hydrogens (tertiary/aromatic N) is 3. The predicted octanol–water partition coefficient (Wildman–Crippen LogP) is 1.45. The van der Waals surface area contributed by atoms with Crippen molar-refractivity contribution in [3.05, 3.63) is 59.0 Å². The summed E-state index contributed by atoms with van der Waals surface area (Å²) in [5, 5.41) is 9.16. The molecule has 3 aromatic rings. The summed E-state index contributed by atoms with van der Waals surface area (Å²) in [5.74, 6) is 0. The number of hydrogen-bond acceptors (Lipinski definition) is 4. The summed E-state index contributed by atoms with van der Waals surface area (Å²) in [6.45, 7) is 0.0819. The van der Waals surface area contributed by atoms with Gasteiger partial charge in [-0.1, -0.05) is 30.3 Å². The maximum atomic E-state index is 12.5. The van der Waals surface area contributed by atoms with Gasteiger partial charge < -0.3 is 5.11 Å². The Hall–Kier alpha value is -2.53. The molecule has 1 N–H and O–H groups in total. The van der Waals surface area contributed by atoms with Gasteiger partial charge >= 0.3 is 0 Å². The molecule has 0 atom stereocenters. The molecule has 20 heavy (non-hydrogen) atoms. The highest BCUT2D eigenvalue weighted by atomic mass is 16.3. The average Bonchev–Trinajstić information content (AvgIpc) is 2.51. The highest BCUT2D eigenvalue weighted by molar-refractivity contribution is 5.74. The van der Waals surface area contributed by atoms with Gasteiger partial charge in [0.1, 0.15) is 11.2 Å². The highest BCUT2D eigenvalue weighted by Gasteiger charge is 2.12. The van der Waals surface area contributed by atoms with Crippen LogP contribution in [0, 0.1) is 0 Å². The van der Waals surface area contributed by atoms with Crippen LogP contribution in [0.2, 0.25) is 0 Å². The molecule has 0 saturated heterocycles. The van der Waals surface area contributed by atoms with Crippen LogP contribution in [0.1, 0.15) is 0 Å². The molecule has 3 rings (SSSR count). The first-order chi connectivity index (χ1) is 9.81. The Bertz CT molecular complexity index is 797. The van der Waals surface area contributed by atoms with Crippen molar-refractivity contribution in [2.24, 2.45) is 0 Å². The molecule has 0 saturated carbocycles. The van der Waals surface area contributed by atoms with Crippen molar-refractivity contribution >= 4 is 11.2 Å². The number of aliphatic hydroxyl groups is 1. The van der Waals surface area contributed by atoms with Gasteiger partial charge in [0.05, 0.1) is 13.2 Å². The third-order valence-electron chi connectivity index (χ3n) is 3.07. The van der Waals surface area contributed by atoms with Crippen LogP contribution in [0.25, 0.3) is 22.4 Å². The molecule has 5 heteroatoms. The first-order valence-corrected chi connectivity index (χ1v) is 6.33. The minimum Gasteiger partial charge on any atom is -0.395 e. The molecule has 0 aliphatic carbocycles. The molecule has 2 aromatic heterocycles. The summed E-state index contributed by atoms with van der Waals surface area (Å²) >= 11 is 0. The van der Waals surface area contributed by atoms with E-state index in [4.69, 9.17) is 5.11 Å². The first kappa shape index (κ1) is 12.5. The van der Waals surface area contributed by atoms with Crippen LogP contribution in [0.3, 0.4) is 0 Å². The summed E-state index contributed by atoms with van der Waals surface area (Å²) in [6, 6.07) is 12.9. The summed E-state index contributed by atoms with van der Waals surface area (Å²) in [6.07, 6.45) is 1.61. The summed E-state index contributed by atoms with van der Waals surface area (Å²) in [4.78, 5) is 21.1. The van der Waals surface area contributed by atoms with Crippen LogP contribution in [0.4, 0.5) is 0 Å². The second-order valence-electron chi connectivity index (χ2n) is 4.35. The van der Waals surface area contributed by atoms with E-state index in [1.807, 2.05) is 36.4 Å². The molecule has 0 radical (unpaired) electrons. The fourth-order valence-electron chi connectivity index (χ4n) is 2.17. The Kier molecular flexibility index (Phi) is 3.26. The number of benzene rings is 1. The van der Waals surface area contributed by atoms with Gasteiger partial charge in [-0.3, -0.25) is 9.36 Å². The van der Waals surface area contributed by atoms with E-state index in [9.17, 15) is 4.79 Å². The van der Waals surface area contributed by atoms with Crippen LogP contribution in [-0.2, 0) is 6.54 Å². The molecule has 0 unspecified atom stereocenters. The van der Waals surface area contributed by atoms with E-state index in [2.05, 4.69) is 9.97 Å². The average molecular weight is 267 g/mol. The lowest BCUT2D eigenvalue weighted by Gasteiger charge is -2.10. The lowest BCUT2D eigenvalue weighted by atomic mass is 10.1. The minimum absolute atomic E-state index is 0.121. The third kappa shape index (κ3) is 2.08. The second-order valence-corrected chi connectivity index (χ2v) is 4.35. The Labute approximate surface area is 115 Å².